The van der Waals surface area contributed by atoms with E-state index in [1.807, 2.05) is 11.3 Å². The van der Waals surface area contributed by atoms with E-state index in [1.165, 1.54) is 54.7 Å². The van der Waals surface area contributed by atoms with E-state index in [1.54, 1.807) is 0 Å². The van der Waals surface area contributed by atoms with Gasteiger partial charge >= 0.3 is 0 Å². The second-order valence-corrected chi connectivity index (χ2v) is 6.83. The molecule has 0 spiro atoms. The minimum absolute atomic E-state index is 0.262. The molecule has 2 rings (SSSR count). The number of aryl methyl sites for hydroxylation is 1. The van der Waals surface area contributed by atoms with Gasteiger partial charge in [-0.2, -0.15) is 0 Å². The number of rotatable bonds is 3. The number of halogens is 1. The first-order valence-corrected chi connectivity index (χ1v) is 8.29. The highest BCUT2D eigenvalue weighted by molar-refractivity contribution is 7.12. The molecule has 0 aromatic carbocycles. The molecule has 0 N–H and O–H groups in total. The zero-order chi connectivity index (χ0) is 12.1. The molecule has 0 aliphatic heterocycles. The summed E-state index contributed by atoms with van der Waals surface area (Å²) in [6, 6.07) is 4.50. The van der Waals surface area contributed by atoms with Gasteiger partial charge in [0, 0.05) is 9.75 Å². The Morgan fingerprint density at radius 2 is 1.82 bits per heavy atom. The van der Waals surface area contributed by atoms with Crippen LogP contribution in [-0.2, 0) is 6.42 Å². The van der Waals surface area contributed by atoms with Crippen LogP contribution in [0.3, 0.4) is 0 Å². The fourth-order valence-corrected chi connectivity index (χ4v) is 4.23. The lowest BCUT2D eigenvalue weighted by Crippen LogP contribution is -2.09. The summed E-state index contributed by atoms with van der Waals surface area (Å²) >= 11 is 8.61. The van der Waals surface area contributed by atoms with Crippen LogP contribution < -0.4 is 0 Å². The molecule has 1 saturated carbocycles. The predicted molar refractivity (Wildman–Crippen MR) is 78.1 cm³/mol. The van der Waals surface area contributed by atoms with Crippen molar-refractivity contribution in [3.8, 4) is 0 Å². The summed E-state index contributed by atoms with van der Waals surface area (Å²) in [7, 11) is 0. The highest BCUT2D eigenvalue weighted by atomic mass is 35.5. The molecule has 1 aliphatic carbocycles. The van der Waals surface area contributed by atoms with Crippen molar-refractivity contribution < 1.29 is 0 Å². The smallest absolute Gasteiger partial charge is 0.0706 e. The van der Waals surface area contributed by atoms with Gasteiger partial charge in [-0.3, -0.25) is 0 Å². The second-order valence-electron chi connectivity index (χ2n) is 5.16. The van der Waals surface area contributed by atoms with Crippen LogP contribution in [0.25, 0.3) is 0 Å². The Kier molecular flexibility index (Phi) is 5.37. The summed E-state index contributed by atoms with van der Waals surface area (Å²) in [6.07, 6.45) is 10.8. The SMILES string of the molecule is CCc1ccc(C(Cl)C2CCCCCCC2)s1. The van der Waals surface area contributed by atoms with Gasteiger partial charge in [-0.05, 0) is 37.3 Å². The van der Waals surface area contributed by atoms with Crippen LogP contribution in [0.15, 0.2) is 12.1 Å². The molecule has 0 saturated heterocycles. The minimum atomic E-state index is 0.262. The van der Waals surface area contributed by atoms with Gasteiger partial charge in [-0.15, -0.1) is 22.9 Å². The number of thiophene rings is 1. The Balaban J connectivity index is 1.98. The van der Waals surface area contributed by atoms with Crippen molar-refractivity contribution in [2.45, 2.75) is 63.7 Å². The molecule has 1 aromatic heterocycles. The zero-order valence-electron chi connectivity index (χ0n) is 10.8. The Labute approximate surface area is 114 Å². The zero-order valence-corrected chi connectivity index (χ0v) is 12.3. The normalized spacial score (nSPS) is 20.8. The van der Waals surface area contributed by atoms with Crippen molar-refractivity contribution in [2.24, 2.45) is 5.92 Å². The number of alkyl halides is 1. The predicted octanol–water partition coefficient (Wildman–Crippen LogP) is 5.95. The second kappa shape index (κ2) is 6.80. The standard InChI is InChI=1S/C15H23ClS/c1-2-13-10-11-14(17-13)15(16)12-8-6-4-3-5-7-9-12/h10-12,15H,2-9H2,1H3. The quantitative estimate of drug-likeness (QED) is 0.595. The molecule has 1 atom stereocenters. The van der Waals surface area contributed by atoms with E-state index in [9.17, 15) is 0 Å². The Morgan fingerprint density at radius 1 is 1.18 bits per heavy atom. The topological polar surface area (TPSA) is 0 Å². The Bertz CT molecular complexity index is 323. The molecular formula is C15H23ClS. The van der Waals surface area contributed by atoms with E-state index in [0.29, 0.717) is 5.92 Å². The van der Waals surface area contributed by atoms with E-state index in [-0.39, 0.29) is 5.38 Å². The molecular weight excluding hydrogens is 248 g/mol. The van der Waals surface area contributed by atoms with E-state index in [4.69, 9.17) is 11.6 Å². The highest BCUT2D eigenvalue weighted by Crippen LogP contribution is 2.40. The van der Waals surface area contributed by atoms with Crippen molar-refractivity contribution in [3.05, 3.63) is 21.9 Å². The van der Waals surface area contributed by atoms with E-state index < -0.39 is 0 Å². The molecule has 1 fully saturated rings. The lowest BCUT2D eigenvalue weighted by Gasteiger charge is -2.23. The fraction of sp³-hybridized carbons (Fsp3) is 0.733. The Hall–Kier alpha value is -0.0100. The molecule has 96 valence electrons. The van der Waals surface area contributed by atoms with Gasteiger partial charge in [-0.1, -0.05) is 39.0 Å². The summed E-state index contributed by atoms with van der Waals surface area (Å²) < 4.78 is 0. The third-order valence-corrected chi connectivity index (χ3v) is 5.90. The van der Waals surface area contributed by atoms with E-state index >= 15 is 0 Å². The summed E-state index contributed by atoms with van der Waals surface area (Å²) in [5.74, 6) is 0.709. The van der Waals surface area contributed by atoms with Crippen LogP contribution in [0, 0.1) is 5.92 Å². The molecule has 0 amide bonds. The molecule has 1 aromatic rings. The van der Waals surface area contributed by atoms with Crippen molar-refractivity contribution >= 4 is 22.9 Å². The van der Waals surface area contributed by atoms with E-state index in [0.717, 1.165) is 6.42 Å². The van der Waals surface area contributed by atoms with Gasteiger partial charge in [0.15, 0.2) is 0 Å². The van der Waals surface area contributed by atoms with Gasteiger partial charge < -0.3 is 0 Å². The Morgan fingerprint density at radius 3 is 2.41 bits per heavy atom. The lowest BCUT2D eigenvalue weighted by atomic mass is 9.88. The molecule has 1 heterocycles. The van der Waals surface area contributed by atoms with Crippen LogP contribution in [0.5, 0.6) is 0 Å². The highest BCUT2D eigenvalue weighted by Gasteiger charge is 2.22. The first-order valence-electron chi connectivity index (χ1n) is 7.04. The van der Waals surface area contributed by atoms with Gasteiger partial charge in [0.25, 0.3) is 0 Å². The monoisotopic (exact) mass is 270 g/mol. The maximum absolute atomic E-state index is 6.69. The minimum Gasteiger partial charge on any atom is -0.144 e. The molecule has 1 unspecified atom stereocenters. The molecule has 17 heavy (non-hydrogen) atoms. The third-order valence-electron chi connectivity index (χ3n) is 3.87. The van der Waals surface area contributed by atoms with Crippen molar-refractivity contribution in [3.63, 3.8) is 0 Å². The fourth-order valence-electron chi connectivity index (χ4n) is 2.75. The first-order chi connectivity index (χ1) is 8.31. The molecule has 2 heteroatoms. The van der Waals surface area contributed by atoms with Crippen LogP contribution >= 0.6 is 22.9 Å². The van der Waals surface area contributed by atoms with Crippen molar-refractivity contribution in [1.29, 1.82) is 0 Å². The lowest BCUT2D eigenvalue weighted by molar-refractivity contribution is 0.370. The van der Waals surface area contributed by atoms with Crippen molar-refractivity contribution in [1.82, 2.24) is 0 Å². The number of hydrogen-bond acceptors (Lipinski definition) is 1. The largest absolute Gasteiger partial charge is 0.144 e. The van der Waals surface area contributed by atoms with Gasteiger partial charge in [0.05, 0.1) is 5.38 Å². The van der Waals surface area contributed by atoms with Gasteiger partial charge in [-0.25, -0.2) is 0 Å². The number of hydrogen-bond donors (Lipinski definition) is 0. The maximum atomic E-state index is 6.69. The summed E-state index contributed by atoms with van der Waals surface area (Å²) in [5.41, 5.74) is 0. The third kappa shape index (κ3) is 3.72. The van der Waals surface area contributed by atoms with Crippen LogP contribution in [0.2, 0.25) is 0 Å². The molecule has 0 radical (unpaired) electrons. The van der Waals surface area contributed by atoms with Crippen LogP contribution in [0.4, 0.5) is 0 Å². The molecule has 1 aliphatic rings. The molecule has 0 bridgehead atoms. The average Bonchev–Trinajstić information content (AvgIpc) is 2.76. The van der Waals surface area contributed by atoms with Crippen molar-refractivity contribution in [2.75, 3.05) is 0 Å². The summed E-state index contributed by atoms with van der Waals surface area (Å²) in [5, 5.41) is 0.262. The average molecular weight is 271 g/mol. The van der Waals surface area contributed by atoms with Gasteiger partial charge in [0.1, 0.15) is 0 Å². The van der Waals surface area contributed by atoms with Crippen LogP contribution in [0.1, 0.15) is 67.0 Å². The van der Waals surface area contributed by atoms with Crippen LogP contribution in [-0.4, -0.2) is 0 Å². The van der Waals surface area contributed by atoms with E-state index in [2.05, 4.69) is 19.1 Å². The van der Waals surface area contributed by atoms with Gasteiger partial charge in [0.2, 0.25) is 0 Å². The first kappa shape index (κ1) is 13.4. The summed E-state index contributed by atoms with van der Waals surface area (Å²) in [4.78, 5) is 2.87. The summed E-state index contributed by atoms with van der Waals surface area (Å²) in [6.45, 7) is 2.22. The maximum Gasteiger partial charge on any atom is 0.0706 e. The molecule has 0 nitrogen and oxygen atoms in total.